The fraction of sp³-hybridized carbons (Fsp3) is 0.333. The second kappa shape index (κ2) is 7.73. The minimum atomic E-state index is -0.489. The van der Waals surface area contributed by atoms with Crippen LogP contribution < -0.4 is 10.6 Å². The van der Waals surface area contributed by atoms with E-state index in [2.05, 4.69) is 10.6 Å². The fourth-order valence-electron chi connectivity index (χ4n) is 1.20. The van der Waals surface area contributed by atoms with Gasteiger partial charge >= 0.3 is 6.03 Å². The number of thioether (sulfide) groups is 1. The molecule has 98 valence electrons. The van der Waals surface area contributed by atoms with Gasteiger partial charge in [0.1, 0.15) is 0 Å². The molecule has 0 aliphatic carbocycles. The molecule has 0 saturated heterocycles. The topological polar surface area (TPSA) is 78.4 Å². The van der Waals surface area contributed by atoms with Gasteiger partial charge in [-0.1, -0.05) is 12.1 Å². The average Bonchev–Trinajstić information content (AvgIpc) is 2.39. The van der Waals surface area contributed by atoms with E-state index in [0.29, 0.717) is 5.75 Å². The van der Waals surface area contributed by atoms with E-state index in [9.17, 15) is 9.59 Å². The van der Waals surface area contributed by atoms with Gasteiger partial charge in [0, 0.05) is 24.1 Å². The summed E-state index contributed by atoms with van der Waals surface area (Å²) in [5, 5.41) is 13.4. The summed E-state index contributed by atoms with van der Waals surface area (Å²) in [6.07, 6.45) is 0.278. The minimum Gasteiger partial charge on any atom is -0.392 e. The lowest BCUT2D eigenvalue weighted by Crippen LogP contribution is -2.37. The van der Waals surface area contributed by atoms with Crippen molar-refractivity contribution in [2.24, 2.45) is 0 Å². The predicted octanol–water partition coefficient (Wildman–Crippen LogP) is 1.12. The van der Waals surface area contributed by atoms with Crippen LogP contribution in [-0.4, -0.2) is 29.8 Å². The molecule has 0 radical (unpaired) electrons. The van der Waals surface area contributed by atoms with Gasteiger partial charge in [-0.05, 0) is 17.7 Å². The molecule has 0 unspecified atom stereocenters. The summed E-state index contributed by atoms with van der Waals surface area (Å²) >= 11 is 1.53. The molecule has 0 aromatic heterocycles. The van der Waals surface area contributed by atoms with E-state index < -0.39 is 6.03 Å². The summed E-state index contributed by atoms with van der Waals surface area (Å²) in [5.41, 5.74) is 0.858. The number of carbonyl (C=O) groups excluding carboxylic acids is 2. The molecular formula is C12H16N2O3S. The third-order valence-corrected chi connectivity index (χ3v) is 3.20. The molecule has 0 saturated carbocycles. The number of nitrogens with one attached hydrogen (secondary N) is 2. The summed E-state index contributed by atoms with van der Waals surface area (Å²) in [5.74, 6) is 0.301. The highest BCUT2D eigenvalue weighted by Gasteiger charge is 2.05. The standard InChI is InChI=1S/C12H16N2O3S/c1-13-12(17)14-11(16)6-7-18-10-4-2-9(8-15)3-5-10/h2-5,15H,6-8H2,1H3,(H2,13,14,16,17). The van der Waals surface area contributed by atoms with E-state index in [1.807, 2.05) is 24.3 Å². The molecule has 3 amide bonds. The fourth-order valence-corrected chi connectivity index (χ4v) is 2.06. The van der Waals surface area contributed by atoms with Crippen molar-refractivity contribution in [1.82, 2.24) is 10.6 Å². The maximum Gasteiger partial charge on any atom is 0.321 e. The van der Waals surface area contributed by atoms with Crippen LogP contribution >= 0.6 is 11.8 Å². The van der Waals surface area contributed by atoms with Gasteiger partial charge in [0.05, 0.1) is 6.61 Å². The highest BCUT2D eigenvalue weighted by atomic mass is 32.2. The van der Waals surface area contributed by atoms with Crippen molar-refractivity contribution < 1.29 is 14.7 Å². The van der Waals surface area contributed by atoms with Gasteiger partial charge in [0.2, 0.25) is 5.91 Å². The number of benzene rings is 1. The van der Waals surface area contributed by atoms with Crippen LogP contribution in [0.2, 0.25) is 0 Å². The third-order valence-electron chi connectivity index (χ3n) is 2.18. The molecule has 0 heterocycles. The number of aliphatic hydroxyl groups is 1. The lowest BCUT2D eigenvalue weighted by atomic mass is 10.2. The molecule has 3 N–H and O–H groups in total. The van der Waals surface area contributed by atoms with Crippen LogP contribution in [0.1, 0.15) is 12.0 Å². The molecule has 0 aliphatic heterocycles. The van der Waals surface area contributed by atoms with Crippen molar-refractivity contribution in [3.63, 3.8) is 0 Å². The highest BCUT2D eigenvalue weighted by molar-refractivity contribution is 7.99. The SMILES string of the molecule is CNC(=O)NC(=O)CCSc1ccc(CO)cc1. The van der Waals surface area contributed by atoms with Gasteiger partial charge in [-0.15, -0.1) is 11.8 Å². The van der Waals surface area contributed by atoms with Crippen LogP contribution in [0.15, 0.2) is 29.2 Å². The van der Waals surface area contributed by atoms with Crippen molar-refractivity contribution in [3.8, 4) is 0 Å². The van der Waals surface area contributed by atoms with Crippen molar-refractivity contribution in [2.75, 3.05) is 12.8 Å². The zero-order valence-corrected chi connectivity index (χ0v) is 10.9. The molecular weight excluding hydrogens is 252 g/mol. The Bertz CT molecular complexity index is 406. The van der Waals surface area contributed by atoms with E-state index in [0.717, 1.165) is 10.5 Å². The molecule has 1 rings (SSSR count). The van der Waals surface area contributed by atoms with Gasteiger partial charge in [-0.25, -0.2) is 4.79 Å². The molecule has 1 aromatic rings. The summed E-state index contributed by atoms with van der Waals surface area (Å²) in [7, 11) is 1.46. The maximum atomic E-state index is 11.3. The van der Waals surface area contributed by atoms with Crippen molar-refractivity contribution >= 4 is 23.7 Å². The molecule has 0 fully saturated rings. The monoisotopic (exact) mass is 268 g/mol. The van der Waals surface area contributed by atoms with Crippen LogP contribution in [0.4, 0.5) is 4.79 Å². The molecule has 0 atom stereocenters. The minimum absolute atomic E-state index is 0.0273. The molecule has 6 heteroatoms. The van der Waals surface area contributed by atoms with E-state index in [1.165, 1.54) is 18.8 Å². The average molecular weight is 268 g/mol. The quantitative estimate of drug-likeness (QED) is 0.699. The number of hydrogen-bond donors (Lipinski definition) is 3. The van der Waals surface area contributed by atoms with Gasteiger partial charge in [-0.2, -0.15) is 0 Å². The molecule has 0 aliphatic rings. The second-order valence-electron chi connectivity index (χ2n) is 3.53. The zero-order valence-electron chi connectivity index (χ0n) is 10.1. The van der Waals surface area contributed by atoms with Crippen molar-refractivity contribution in [2.45, 2.75) is 17.9 Å². The normalized spacial score (nSPS) is 9.89. The van der Waals surface area contributed by atoms with Gasteiger partial charge in [0.25, 0.3) is 0 Å². The van der Waals surface area contributed by atoms with E-state index >= 15 is 0 Å². The number of imide groups is 1. The Hall–Kier alpha value is -1.53. The molecule has 5 nitrogen and oxygen atoms in total. The Morgan fingerprint density at radius 2 is 1.94 bits per heavy atom. The number of amides is 3. The highest BCUT2D eigenvalue weighted by Crippen LogP contribution is 2.19. The van der Waals surface area contributed by atoms with Crippen LogP contribution in [0.3, 0.4) is 0 Å². The molecule has 0 bridgehead atoms. The van der Waals surface area contributed by atoms with E-state index in [-0.39, 0.29) is 18.9 Å². The number of carbonyl (C=O) groups is 2. The Labute approximate surface area is 110 Å². The number of rotatable bonds is 5. The number of urea groups is 1. The third kappa shape index (κ3) is 5.20. The van der Waals surface area contributed by atoms with Crippen LogP contribution in [0.5, 0.6) is 0 Å². The first-order chi connectivity index (χ1) is 8.65. The van der Waals surface area contributed by atoms with Gasteiger partial charge in [-0.3, -0.25) is 10.1 Å². The van der Waals surface area contributed by atoms with Crippen LogP contribution in [-0.2, 0) is 11.4 Å². The lowest BCUT2D eigenvalue weighted by molar-refractivity contribution is -0.119. The Kier molecular flexibility index (Phi) is 6.24. The van der Waals surface area contributed by atoms with Crippen LogP contribution in [0, 0.1) is 0 Å². The Balaban J connectivity index is 2.28. The van der Waals surface area contributed by atoms with Crippen molar-refractivity contribution in [3.05, 3.63) is 29.8 Å². The van der Waals surface area contributed by atoms with E-state index in [4.69, 9.17) is 5.11 Å². The maximum absolute atomic E-state index is 11.3. The molecule has 18 heavy (non-hydrogen) atoms. The molecule has 1 aromatic carbocycles. The van der Waals surface area contributed by atoms with Gasteiger partial charge < -0.3 is 10.4 Å². The smallest absolute Gasteiger partial charge is 0.321 e. The van der Waals surface area contributed by atoms with Crippen LogP contribution in [0.25, 0.3) is 0 Å². The first-order valence-electron chi connectivity index (χ1n) is 5.50. The Morgan fingerprint density at radius 3 is 2.50 bits per heavy atom. The number of aliphatic hydroxyl groups excluding tert-OH is 1. The summed E-state index contributed by atoms with van der Waals surface area (Å²) in [6.45, 7) is 0.0273. The summed E-state index contributed by atoms with van der Waals surface area (Å²) < 4.78 is 0. The first-order valence-corrected chi connectivity index (χ1v) is 6.48. The first kappa shape index (κ1) is 14.5. The zero-order chi connectivity index (χ0) is 13.4. The van der Waals surface area contributed by atoms with Crippen molar-refractivity contribution in [1.29, 1.82) is 0 Å². The summed E-state index contributed by atoms with van der Waals surface area (Å²) in [4.78, 5) is 23.2. The summed E-state index contributed by atoms with van der Waals surface area (Å²) in [6, 6.07) is 6.98. The lowest BCUT2D eigenvalue weighted by Gasteiger charge is -2.04. The predicted molar refractivity (Wildman–Crippen MR) is 70.3 cm³/mol. The molecule has 0 spiro atoms. The largest absolute Gasteiger partial charge is 0.392 e. The number of hydrogen-bond acceptors (Lipinski definition) is 4. The second-order valence-corrected chi connectivity index (χ2v) is 4.70. The van der Waals surface area contributed by atoms with Gasteiger partial charge in [0.15, 0.2) is 0 Å². The van der Waals surface area contributed by atoms with E-state index in [1.54, 1.807) is 0 Å². The Morgan fingerprint density at radius 1 is 1.28 bits per heavy atom.